The van der Waals surface area contributed by atoms with Crippen molar-refractivity contribution in [3.63, 3.8) is 0 Å². The highest BCUT2D eigenvalue weighted by Gasteiger charge is 2.35. The van der Waals surface area contributed by atoms with Crippen molar-refractivity contribution in [2.45, 2.75) is 25.3 Å². The minimum atomic E-state index is -0.0601. The average molecular weight is 820 g/mol. The Bertz CT molecular complexity index is 3470. The summed E-state index contributed by atoms with van der Waals surface area (Å²) in [5, 5.41) is 6.29. The molecular formula is C61H45N3. The number of rotatable bonds is 7. The van der Waals surface area contributed by atoms with E-state index >= 15 is 0 Å². The topological polar surface area (TPSA) is 29.3 Å². The summed E-state index contributed by atoms with van der Waals surface area (Å²) in [5.74, 6) is 0.838. The van der Waals surface area contributed by atoms with Crippen molar-refractivity contribution >= 4 is 33.3 Å². The van der Waals surface area contributed by atoms with E-state index in [0.29, 0.717) is 0 Å². The molecule has 3 heteroatoms. The first kappa shape index (κ1) is 37.7. The lowest BCUT2D eigenvalue weighted by atomic mass is 9.81. The molecule has 0 bridgehead atoms. The predicted octanol–water partition coefficient (Wildman–Crippen LogP) is 15.2. The molecule has 12 rings (SSSR count). The monoisotopic (exact) mass is 819 g/mol. The number of benzene rings is 9. The molecular weight excluding hydrogens is 775 g/mol. The second kappa shape index (κ2) is 15.1. The highest BCUT2D eigenvalue weighted by atomic mass is 15.1. The van der Waals surface area contributed by atoms with Crippen LogP contribution in [0.1, 0.15) is 47.7 Å². The number of aliphatic imine (C=N–C) groups is 1. The molecule has 304 valence electrons. The third kappa shape index (κ3) is 6.31. The van der Waals surface area contributed by atoms with Crippen LogP contribution in [0.25, 0.3) is 77.7 Å². The predicted molar refractivity (Wildman–Crippen MR) is 268 cm³/mol. The summed E-state index contributed by atoms with van der Waals surface area (Å²) in [4.78, 5) is 5.37. The van der Waals surface area contributed by atoms with Crippen LogP contribution in [0, 0.1) is 0 Å². The Morgan fingerprint density at radius 2 is 1.03 bits per heavy atom. The number of hydrogen-bond donors (Lipinski definition) is 1. The number of nitrogens with zero attached hydrogens (tertiary/aromatic N) is 2. The van der Waals surface area contributed by atoms with E-state index in [1.807, 2.05) is 0 Å². The summed E-state index contributed by atoms with van der Waals surface area (Å²) in [6.07, 6.45) is 2.24. The third-order valence-electron chi connectivity index (χ3n) is 13.4. The van der Waals surface area contributed by atoms with Gasteiger partial charge >= 0.3 is 0 Å². The van der Waals surface area contributed by atoms with E-state index in [1.54, 1.807) is 0 Å². The number of amidine groups is 1. The third-order valence-corrected chi connectivity index (χ3v) is 13.4. The van der Waals surface area contributed by atoms with Gasteiger partial charge in [0.05, 0.1) is 22.8 Å². The molecule has 9 aromatic carbocycles. The van der Waals surface area contributed by atoms with Gasteiger partial charge in [-0.2, -0.15) is 0 Å². The fraction of sp³-hybridized carbons (Fsp3) is 0.0656. The van der Waals surface area contributed by atoms with E-state index in [4.69, 9.17) is 4.99 Å². The normalized spacial score (nSPS) is 15.0. The number of fused-ring (bicyclic) bond motifs is 6. The molecule has 1 aliphatic heterocycles. The molecule has 1 aromatic heterocycles. The van der Waals surface area contributed by atoms with Crippen LogP contribution < -0.4 is 5.32 Å². The lowest BCUT2D eigenvalue weighted by molar-refractivity contribution is 0.660. The Morgan fingerprint density at radius 3 is 1.83 bits per heavy atom. The standard InChI is InChI=1S/C61H45N3/c1-61(2)54-27-14-12-23-50(54)51-34-33-45(38-55(51)61)41-29-31-42(32-30-41)49-25-16-26-53-52-24-13-15-28-58(52)64(59(49)53)48-36-46(40-17-6-3-7-18-40)35-47(37-48)60-62-56(43-19-8-4-9-20-43)39-57(63-60)44-21-10-5-11-22-44/h3-39,56H,1-2H3,(H,62,63). The van der Waals surface area contributed by atoms with Gasteiger partial charge in [0.15, 0.2) is 0 Å². The molecule has 0 radical (unpaired) electrons. The summed E-state index contributed by atoms with van der Waals surface area (Å²) in [6.45, 7) is 4.70. The van der Waals surface area contributed by atoms with Crippen LogP contribution in [-0.4, -0.2) is 10.4 Å². The van der Waals surface area contributed by atoms with Crippen LogP contribution in [0.2, 0.25) is 0 Å². The zero-order valence-electron chi connectivity index (χ0n) is 35.8. The van der Waals surface area contributed by atoms with E-state index in [2.05, 4.69) is 248 Å². The van der Waals surface area contributed by atoms with Gasteiger partial charge in [-0.25, -0.2) is 4.99 Å². The SMILES string of the molecule is CC1(C)c2ccccc2-c2ccc(-c3ccc(-c4cccc5c6ccccc6n(-c6cc(C7=NC(c8ccccc8)=CC(c8ccccc8)N7)cc(-c7ccccc7)c6)c45)cc3)cc21. The van der Waals surface area contributed by atoms with Gasteiger partial charge in [-0.3, -0.25) is 0 Å². The van der Waals surface area contributed by atoms with Crippen molar-refractivity contribution in [3.05, 3.63) is 252 Å². The average Bonchev–Trinajstić information content (AvgIpc) is 3.83. The van der Waals surface area contributed by atoms with Crippen molar-refractivity contribution in [2.24, 2.45) is 4.99 Å². The van der Waals surface area contributed by atoms with Crippen LogP contribution in [-0.2, 0) is 5.41 Å². The van der Waals surface area contributed by atoms with E-state index in [-0.39, 0.29) is 11.5 Å². The molecule has 64 heavy (non-hydrogen) atoms. The molecule has 1 unspecified atom stereocenters. The summed E-state index contributed by atoms with van der Waals surface area (Å²) in [6, 6.07) is 79.3. The van der Waals surface area contributed by atoms with Gasteiger partial charge in [-0.1, -0.05) is 202 Å². The largest absolute Gasteiger partial charge is 0.359 e. The highest BCUT2D eigenvalue weighted by molar-refractivity contribution is 6.14. The van der Waals surface area contributed by atoms with Gasteiger partial charge in [0, 0.05) is 33.0 Å². The number of aromatic nitrogens is 1. The van der Waals surface area contributed by atoms with Crippen molar-refractivity contribution in [3.8, 4) is 50.2 Å². The maximum absolute atomic E-state index is 5.37. The van der Waals surface area contributed by atoms with Gasteiger partial charge in [0.2, 0.25) is 0 Å². The molecule has 10 aromatic rings. The fourth-order valence-corrected chi connectivity index (χ4v) is 10.2. The maximum atomic E-state index is 5.37. The Hall–Kier alpha value is -8.01. The van der Waals surface area contributed by atoms with Gasteiger partial charge in [0.1, 0.15) is 5.84 Å². The van der Waals surface area contributed by atoms with E-state index < -0.39 is 0 Å². The summed E-state index contributed by atoms with van der Waals surface area (Å²) in [5.41, 5.74) is 20.2. The maximum Gasteiger partial charge on any atom is 0.134 e. The fourth-order valence-electron chi connectivity index (χ4n) is 10.2. The lowest BCUT2D eigenvalue weighted by Gasteiger charge is -2.25. The minimum absolute atomic E-state index is 0.0489. The van der Waals surface area contributed by atoms with Crippen molar-refractivity contribution in [2.75, 3.05) is 0 Å². The molecule has 0 saturated carbocycles. The van der Waals surface area contributed by atoms with Crippen LogP contribution in [0.5, 0.6) is 0 Å². The van der Waals surface area contributed by atoms with E-state index in [1.165, 1.54) is 66.4 Å². The van der Waals surface area contributed by atoms with Crippen molar-refractivity contribution in [1.82, 2.24) is 9.88 Å². The van der Waals surface area contributed by atoms with Crippen molar-refractivity contribution in [1.29, 1.82) is 0 Å². The summed E-state index contributed by atoms with van der Waals surface area (Å²) < 4.78 is 2.47. The van der Waals surface area contributed by atoms with Crippen LogP contribution in [0.15, 0.2) is 229 Å². The van der Waals surface area contributed by atoms with Gasteiger partial charge < -0.3 is 9.88 Å². The summed E-state index contributed by atoms with van der Waals surface area (Å²) >= 11 is 0. The second-order valence-corrected chi connectivity index (χ2v) is 17.6. The van der Waals surface area contributed by atoms with Crippen molar-refractivity contribution < 1.29 is 0 Å². The lowest BCUT2D eigenvalue weighted by Crippen LogP contribution is -2.31. The molecule has 2 heterocycles. The number of nitrogens with one attached hydrogen (secondary N) is 1. The number of para-hydroxylation sites is 2. The molecule has 1 aliphatic carbocycles. The Morgan fingerprint density at radius 1 is 0.438 bits per heavy atom. The van der Waals surface area contributed by atoms with Crippen LogP contribution in [0.3, 0.4) is 0 Å². The molecule has 0 spiro atoms. The van der Waals surface area contributed by atoms with E-state index in [9.17, 15) is 0 Å². The Balaban J connectivity index is 1.01. The quantitative estimate of drug-likeness (QED) is 0.171. The first-order valence-electron chi connectivity index (χ1n) is 22.2. The summed E-state index contributed by atoms with van der Waals surface area (Å²) in [7, 11) is 0. The molecule has 2 aliphatic rings. The molecule has 3 nitrogen and oxygen atoms in total. The molecule has 0 fully saturated rings. The first-order chi connectivity index (χ1) is 31.5. The molecule has 0 amide bonds. The first-order valence-corrected chi connectivity index (χ1v) is 22.2. The van der Waals surface area contributed by atoms with E-state index in [0.717, 1.165) is 45.0 Å². The minimum Gasteiger partial charge on any atom is -0.359 e. The van der Waals surface area contributed by atoms with Gasteiger partial charge in [-0.15, -0.1) is 0 Å². The molecule has 0 saturated heterocycles. The van der Waals surface area contributed by atoms with Gasteiger partial charge in [0.25, 0.3) is 0 Å². The second-order valence-electron chi connectivity index (χ2n) is 17.6. The Labute approximate surface area is 374 Å². The number of hydrogen-bond acceptors (Lipinski definition) is 2. The zero-order valence-corrected chi connectivity index (χ0v) is 35.8. The molecule has 1 atom stereocenters. The zero-order chi connectivity index (χ0) is 42.8. The Kier molecular flexibility index (Phi) is 8.91. The molecule has 1 N–H and O–H groups in total. The van der Waals surface area contributed by atoms with Crippen LogP contribution >= 0.6 is 0 Å². The smallest absolute Gasteiger partial charge is 0.134 e. The van der Waals surface area contributed by atoms with Crippen LogP contribution in [0.4, 0.5) is 0 Å². The van der Waals surface area contributed by atoms with Gasteiger partial charge in [-0.05, 0) is 97.6 Å². The highest BCUT2D eigenvalue weighted by Crippen LogP contribution is 2.49.